The quantitative estimate of drug-likeness (QED) is 0.609. The summed E-state index contributed by atoms with van der Waals surface area (Å²) in [7, 11) is 3.49. The number of benzene rings is 1. The number of rotatable bonds is 5. The van der Waals surface area contributed by atoms with Crippen LogP contribution in [0.25, 0.3) is 10.9 Å². The number of hydrogen-bond donors (Lipinski definition) is 0. The van der Waals surface area contributed by atoms with E-state index < -0.39 is 0 Å². The number of methoxy groups -OCH3 is 1. The fourth-order valence-electron chi connectivity index (χ4n) is 2.68. The Labute approximate surface area is 120 Å². The third-order valence-electron chi connectivity index (χ3n) is 3.93. The lowest BCUT2D eigenvalue weighted by Gasteiger charge is -2.06. The Morgan fingerprint density at radius 2 is 2.00 bits per heavy atom. The van der Waals surface area contributed by atoms with Gasteiger partial charge in [-0.3, -0.25) is 0 Å². The molecule has 0 aliphatic carbocycles. The lowest BCUT2D eigenvalue weighted by atomic mass is 10.1. The molecule has 1 aromatic carbocycles. The first-order valence-electron chi connectivity index (χ1n) is 7.25. The van der Waals surface area contributed by atoms with E-state index in [0.29, 0.717) is 5.56 Å². The Balaban J connectivity index is 2.41. The van der Waals surface area contributed by atoms with Gasteiger partial charge in [-0.15, -0.1) is 0 Å². The van der Waals surface area contributed by atoms with E-state index >= 15 is 0 Å². The molecule has 0 amide bonds. The molecule has 0 aliphatic heterocycles. The lowest BCUT2D eigenvalue weighted by molar-refractivity contribution is 0.0600. The predicted octanol–water partition coefficient (Wildman–Crippen LogP) is 4.01. The molecule has 1 aromatic heterocycles. The highest BCUT2D eigenvalue weighted by molar-refractivity contribution is 5.96. The molecular weight excluding hydrogens is 250 g/mol. The van der Waals surface area contributed by atoms with Crippen molar-refractivity contribution < 1.29 is 9.53 Å². The number of carbonyl (C=O) groups excluding carboxylic acids is 1. The molecule has 1 heterocycles. The summed E-state index contributed by atoms with van der Waals surface area (Å²) in [5.74, 6) is -0.266. The zero-order valence-electron chi connectivity index (χ0n) is 12.8. The summed E-state index contributed by atoms with van der Waals surface area (Å²) < 4.78 is 7.04. The van der Waals surface area contributed by atoms with Crippen LogP contribution in [-0.2, 0) is 18.2 Å². The van der Waals surface area contributed by atoms with E-state index in [4.69, 9.17) is 4.74 Å². The molecule has 20 heavy (non-hydrogen) atoms. The van der Waals surface area contributed by atoms with Crippen molar-refractivity contribution in [3.8, 4) is 0 Å². The summed E-state index contributed by atoms with van der Waals surface area (Å²) in [5.41, 5.74) is 4.05. The van der Waals surface area contributed by atoms with Crippen molar-refractivity contribution in [2.45, 2.75) is 39.5 Å². The molecular formula is C17H23NO2. The van der Waals surface area contributed by atoms with Gasteiger partial charge in [0.2, 0.25) is 0 Å². The maximum Gasteiger partial charge on any atom is 0.338 e. The standard InChI is InChI=1S/C17H23NO2/c1-5-6-7-8-14-10-13-9-12(2)15(17(19)20-4)11-16(13)18(14)3/h9-11H,5-8H2,1-4H3. The van der Waals surface area contributed by atoms with Gasteiger partial charge in [0.05, 0.1) is 12.7 Å². The van der Waals surface area contributed by atoms with Crippen molar-refractivity contribution in [2.24, 2.45) is 7.05 Å². The van der Waals surface area contributed by atoms with Crippen LogP contribution in [0.3, 0.4) is 0 Å². The van der Waals surface area contributed by atoms with E-state index in [1.165, 1.54) is 37.5 Å². The molecule has 3 heteroatoms. The average Bonchev–Trinajstić information content (AvgIpc) is 2.73. The second-order valence-corrected chi connectivity index (χ2v) is 5.37. The SMILES string of the molecule is CCCCCc1cc2cc(C)c(C(=O)OC)cc2n1C. The average molecular weight is 273 g/mol. The number of unbranched alkanes of at least 4 members (excludes halogenated alkanes) is 2. The van der Waals surface area contributed by atoms with Gasteiger partial charge in [0, 0.05) is 23.6 Å². The van der Waals surface area contributed by atoms with Gasteiger partial charge in [-0.2, -0.15) is 0 Å². The molecule has 0 fully saturated rings. The van der Waals surface area contributed by atoms with E-state index in [0.717, 1.165) is 17.5 Å². The van der Waals surface area contributed by atoms with Crippen molar-refractivity contribution in [3.05, 3.63) is 35.0 Å². The molecule has 2 rings (SSSR count). The summed E-state index contributed by atoms with van der Waals surface area (Å²) in [6.07, 6.45) is 4.79. The Morgan fingerprint density at radius 3 is 2.65 bits per heavy atom. The highest BCUT2D eigenvalue weighted by Crippen LogP contribution is 2.24. The van der Waals surface area contributed by atoms with Crippen molar-refractivity contribution in [1.29, 1.82) is 0 Å². The van der Waals surface area contributed by atoms with Crippen LogP contribution in [0, 0.1) is 6.92 Å². The zero-order valence-corrected chi connectivity index (χ0v) is 12.8. The maximum absolute atomic E-state index is 11.8. The number of aryl methyl sites for hydroxylation is 3. The molecule has 0 N–H and O–H groups in total. The third kappa shape index (κ3) is 2.72. The van der Waals surface area contributed by atoms with Gasteiger partial charge in [-0.25, -0.2) is 4.79 Å². The van der Waals surface area contributed by atoms with Crippen LogP contribution >= 0.6 is 0 Å². The molecule has 0 unspecified atom stereocenters. The molecule has 108 valence electrons. The summed E-state index contributed by atoms with van der Waals surface area (Å²) in [4.78, 5) is 11.8. The van der Waals surface area contributed by atoms with E-state index in [2.05, 4.69) is 30.7 Å². The normalized spacial score (nSPS) is 11.0. The summed E-state index contributed by atoms with van der Waals surface area (Å²) in [5, 5.41) is 1.20. The van der Waals surface area contributed by atoms with Crippen molar-refractivity contribution in [3.63, 3.8) is 0 Å². The Hall–Kier alpha value is -1.77. The van der Waals surface area contributed by atoms with Crippen LogP contribution in [0.5, 0.6) is 0 Å². The summed E-state index contributed by atoms with van der Waals surface area (Å²) in [6, 6.07) is 6.25. The van der Waals surface area contributed by atoms with E-state index in [-0.39, 0.29) is 5.97 Å². The molecule has 0 bridgehead atoms. The van der Waals surface area contributed by atoms with Gasteiger partial charge in [0.25, 0.3) is 0 Å². The maximum atomic E-state index is 11.8. The van der Waals surface area contributed by atoms with E-state index in [9.17, 15) is 4.79 Å². The molecule has 0 saturated heterocycles. The lowest BCUT2D eigenvalue weighted by Crippen LogP contribution is -2.04. The van der Waals surface area contributed by atoms with E-state index in [1.54, 1.807) is 0 Å². The van der Waals surface area contributed by atoms with Crippen LogP contribution in [0.4, 0.5) is 0 Å². The highest BCUT2D eigenvalue weighted by Gasteiger charge is 2.13. The monoisotopic (exact) mass is 273 g/mol. The fourth-order valence-corrected chi connectivity index (χ4v) is 2.68. The minimum Gasteiger partial charge on any atom is -0.465 e. The number of carbonyl (C=O) groups is 1. The van der Waals surface area contributed by atoms with Crippen LogP contribution < -0.4 is 0 Å². The van der Waals surface area contributed by atoms with Gasteiger partial charge < -0.3 is 9.30 Å². The second kappa shape index (κ2) is 6.12. The van der Waals surface area contributed by atoms with E-state index in [1.807, 2.05) is 13.0 Å². The molecule has 0 atom stereocenters. The molecule has 0 aliphatic rings. The van der Waals surface area contributed by atoms with Crippen LogP contribution in [0.2, 0.25) is 0 Å². The minimum atomic E-state index is -0.266. The predicted molar refractivity (Wildman–Crippen MR) is 82.2 cm³/mol. The molecule has 0 radical (unpaired) electrons. The Morgan fingerprint density at radius 1 is 1.25 bits per heavy atom. The molecule has 0 saturated carbocycles. The summed E-state index contributed by atoms with van der Waals surface area (Å²) in [6.45, 7) is 4.17. The van der Waals surface area contributed by atoms with Gasteiger partial charge in [0.15, 0.2) is 0 Å². The molecule has 0 spiro atoms. The number of hydrogen-bond acceptors (Lipinski definition) is 2. The van der Waals surface area contributed by atoms with Crippen molar-refractivity contribution in [1.82, 2.24) is 4.57 Å². The minimum absolute atomic E-state index is 0.266. The van der Waals surface area contributed by atoms with Gasteiger partial charge in [-0.1, -0.05) is 19.8 Å². The van der Waals surface area contributed by atoms with Crippen molar-refractivity contribution in [2.75, 3.05) is 7.11 Å². The van der Waals surface area contributed by atoms with Gasteiger partial charge >= 0.3 is 5.97 Å². The fraction of sp³-hybridized carbons (Fsp3) is 0.471. The van der Waals surface area contributed by atoms with Crippen LogP contribution in [0.1, 0.15) is 47.8 Å². The first-order chi connectivity index (χ1) is 9.58. The molecule has 2 aromatic rings. The zero-order chi connectivity index (χ0) is 14.7. The number of aromatic nitrogens is 1. The van der Waals surface area contributed by atoms with Gasteiger partial charge in [0.1, 0.15) is 0 Å². The van der Waals surface area contributed by atoms with Crippen LogP contribution in [0.15, 0.2) is 18.2 Å². The number of fused-ring (bicyclic) bond motifs is 1. The number of ether oxygens (including phenoxy) is 1. The smallest absolute Gasteiger partial charge is 0.338 e. The highest BCUT2D eigenvalue weighted by atomic mass is 16.5. The number of esters is 1. The third-order valence-corrected chi connectivity index (χ3v) is 3.93. The van der Waals surface area contributed by atoms with Crippen LogP contribution in [-0.4, -0.2) is 17.6 Å². The van der Waals surface area contributed by atoms with Gasteiger partial charge in [-0.05, 0) is 43.5 Å². The Kier molecular flexibility index (Phi) is 4.48. The first-order valence-corrected chi connectivity index (χ1v) is 7.25. The number of nitrogens with zero attached hydrogens (tertiary/aromatic N) is 1. The molecule has 3 nitrogen and oxygen atoms in total. The topological polar surface area (TPSA) is 31.2 Å². The first kappa shape index (κ1) is 14.6. The summed E-state index contributed by atoms with van der Waals surface area (Å²) >= 11 is 0. The second-order valence-electron chi connectivity index (χ2n) is 5.37. The Bertz CT molecular complexity index is 625. The van der Waals surface area contributed by atoms with Crippen molar-refractivity contribution >= 4 is 16.9 Å². The largest absolute Gasteiger partial charge is 0.465 e.